The SMILES string of the molecule is O=S(=O)(c1ccc(C#CCO)cc1Cl)N1CCCCC1. The van der Waals surface area contributed by atoms with Gasteiger partial charge in [-0.25, -0.2) is 8.42 Å². The second-order valence-corrected chi connectivity index (χ2v) is 6.88. The zero-order valence-corrected chi connectivity index (χ0v) is 12.5. The van der Waals surface area contributed by atoms with Crippen LogP contribution in [0.1, 0.15) is 24.8 Å². The zero-order valence-electron chi connectivity index (χ0n) is 11.0. The fraction of sp³-hybridized carbons (Fsp3) is 0.429. The van der Waals surface area contributed by atoms with Gasteiger partial charge in [0.2, 0.25) is 10.0 Å². The molecule has 0 amide bonds. The van der Waals surface area contributed by atoms with Crippen molar-refractivity contribution in [2.24, 2.45) is 0 Å². The summed E-state index contributed by atoms with van der Waals surface area (Å²) in [6.07, 6.45) is 2.84. The van der Waals surface area contributed by atoms with Crippen molar-refractivity contribution in [3.05, 3.63) is 28.8 Å². The molecular weight excluding hydrogens is 298 g/mol. The number of aliphatic hydroxyl groups is 1. The summed E-state index contributed by atoms with van der Waals surface area (Å²) >= 11 is 6.08. The molecule has 1 fully saturated rings. The molecule has 1 heterocycles. The Morgan fingerprint density at radius 2 is 1.95 bits per heavy atom. The molecule has 2 rings (SSSR count). The van der Waals surface area contributed by atoms with Crippen LogP contribution in [0.25, 0.3) is 0 Å². The van der Waals surface area contributed by atoms with Crippen LogP contribution in [-0.2, 0) is 10.0 Å². The van der Waals surface area contributed by atoms with Crippen molar-refractivity contribution < 1.29 is 13.5 Å². The Hall–Kier alpha value is -1.06. The minimum absolute atomic E-state index is 0.121. The molecule has 0 aliphatic carbocycles. The first-order valence-electron chi connectivity index (χ1n) is 6.45. The van der Waals surface area contributed by atoms with Crippen LogP contribution in [0, 0.1) is 11.8 Å². The first kappa shape index (κ1) is 15.3. The van der Waals surface area contributed by atoms with Crippen molar-refractivity contribution in [3.8, 4) is 11.8 Å². The zero-order chi connectivity index (χ0) is 14.6. The van der Waals surface area contributed by atoms with E-state index in [0.717, 1.165) is 19.3 Å². The van der Waals surface area contributed by atoms with Crippen LogP contribution in [0.15, 0.2) is 23.1 Å². The fourth-order valence-corrected chi connectivity index (χ4v) is 4.21. The molecule has 1 saturated heterocycles. The third-order valence-corrected chi connectivity index (χ3v) is 5.56. The monoisotopic (exact) mass is 313 g/mol. The standard InChI is InChI=1S/C14H16ClNO3S/c15-13-11-12(5-4-10-17)6-7-14(13)20(18,19)16-8-2-1-3-9-16/h6-7,11,17H,1-3,8-10H2. The molecule has 0 saturated carbocycles. The van der Waals surface area contributed by atoms with E-state index in [2.05, 4.69) is 11.8 Å². The third-order valence-electron chi connectivity index (χ3n) is 3.18. The fourth-order valence-electron chi connectivity index (χ4n) is 2.17. The maximum Gasteiger partial charge on any atom is 0.244 e. The number of rotatable bonds is 2. The highest BCUT2D eigenvalue weighted by Crippen LogP contribution is 2.27. The second kappa shape index (κ2) is 6.59. The van der Waals surface area contributed by atoms with Crippen molar-refractivity contribution in [2.45, 2.75) is 24.2 Å². The van der Waals surface area contributed by atoms with Gasteiger partial charge < -0.3 is 5.11 Å². The Balaban J connectivity index is 2.32. The van der Waals surface area contributed by atoms with Gasteiger partial charge in [0.15, 0.2) is 0 Å². The lowest BCUT2D eigenvalue weighted by Gasteiger charge is -2.26. The Morgan fingerprint density at radius 3 is 2.55 bits per heavy atom. The van der Waals surface area contributed by atoms with Gasteiger partial charge in [0.05, 0.1) is 5.02 Å². The van der Waals surface area contributed by atoms with E-state index in [1.165, 1.54) is 16.4 Å². The highest BCUT2D eigenvalue weighted by molar-refractivity contribution is 7.89. The van der Waals surface area contributed by atoms with Gasteiger partial charge in [-0.2, -0.15) is 4.31 Å². The number of benzene rings is 1. The summed E-state index contributed by atoms with van der Waals surface area (Å²) in [6.45, 7) is 0.848. The van der Waals surface area contributed by atoms with Crippen LogP contribution in [0.2, 0.25) is 5.02 Å². The van der Waals surface area contributed by atoms with Crippen LogP contribution >= 0.6 is 11.6 Å². The molecule has 0 radical (unpaired) electrons. The molecule has 0 aromatic heterocycles. The van der Waals surface area contributed by atoms with Crippen molar-refractivity contribution >= 4 is 21.6 Å². The average Bonchev–Trinajstić information content (AvgIpc) is 2.46. The molecular formula is C14H16ClNO3S. The van der Waals surface area contributed by atoms with Gasteiger partial charge in [0.25, 0.3) is 0 Å². The summed E-state index contributed by atoms with van der Waals surface area (Å²) < 4.78 is 26.5. The topological polar surface area (TPSA) is 57.6 Å². The number of piperidine rings is 1. The van der Waals surface area contributed by atoms with E-state index < -0.39 is 10.0 Å². The molecule has 1 N–H and O–H groups in total. The van der Waals surface area contributed by atoms with Gasteiger partial charge in [0.1, 0.15) is 11.5 Å². The first-order valence-corrected chi connectivity index (χ1v) is 8.27. The Kier molecular flexibility index (Phi) is 5.06. The van der Waals surface area contributed by atoms with E-state index in [1.807, 2.05) is 0 Å². The molecule has 0 spiro atoms. The van der Waals surface area contributed by atoms with E-state index in [4.69, 9.17) is 16.7 Å². The highest BCUT2D eigenvalue weighted by atomic mass is 35.5. The predicted octanol–water partition coefficient (Wildman–Crippen LogP) is 1.86. The van der Waals surface area contributed by atoms with Gasteiger partial charge in [-0.05, 0) is 31.0 Å². The van der Waals surface area contributed by atoms with Crippen LogP contribution in [0.3, 0.4) is 0 Å². The van der Waals surface area contributed by atoms with E-state index >= 15 is 0 Å². The molecule has 1 aliphatic rings. The summed E-state index contributed by atoms with van der Waals surface area (Å²) in [6, 6.07) is 4.60. The number of hydrogen-bond acceptors (Lipinski definition) is 3. The Bertz CT molecular complexity index is 640. The van der Waals surface area contributed by atoms with Crippen molar-refractivity contribution in [1.29, 1.82) is 0 Å². The molecule has 0 bridgehead atoms. The number of aliphatic hydroxyl groups excluding tert-OH is 1. The maximum atomic E-state index is 12.5. The Labute approximate surface area is 124 Å². The lowest BCUT2D eigenvalue weighted by molar-refractivity contribution is 0.346. The Morgan fingerprint density at radius 1 is 1.25 bits per heavy atom. The predicted molar refractivity (Wildman–Crippen MR) is 78.0 cm³/mol. The molecule has 1 aromatic carbocycles. The smallest absolute Gasteiger partial charge is 0.244 e. The summed E-state index contributed by atoms with van der Waals surface area (Å²) in [5.74, 6) is 5.20. The summed E-state index contributed by atoms with van der Waals surface area (Å²) in [5.41, 5.74) is 0.585. The van der Waals surface area contributed by atoms with Gasteiger partial charge in [-0.15, -0.1) is 0 Å². The molecule has 0 atom stereocenters. The lowest BCUT2D eigenvalue weighted by Crippen LogP contribution is -2.35. The number of nitrogens with zero attached hydrogens (tertiary/aromatic N) is 1. The second-order valence-electron chi connectivity index (χ2n) is 4.57. The van der Waals surface area contributed by atoms with Crippen molar-refractivity contribution in [1.82, 2.24) is 4.31 Å². The largest absolute Gasteiger partial charge is 0.384 e. The minimum atomic E-state index is -3.53. The van der Waals surface area contributed by atoms with E-state index in [9.17, 15) is 8.42 Å². The van der Waals surface area contributed by atoms with E-state index in [-0.39, 0.29) is 16.5 Å². The van der Waals surface area contributed by atoms with Crippen LogP contribution in [-0.4, -0.2) is 37.5 Å². The van der Waals surface area contributed by atoms with Crippen LogP contribution in [0.4, 0.5) is 0 Å². The summed E-state index contributed by atoms with van der Waals surface area (Å²) in [7, 11) is -3.53. The molecule has 1 aromatic rings. The first-order chi connectivity index (χ1) is 9.55. The molecule has 1 aliphatic heterocycles. The van der Waals surface area contributed by atoms with Gasteiger partial charge in [-0.1, -0.05) is 29.9 Å². The van der Waals surface area contributed by atoms with Crippen LogP contribution < -0.4 is 0 Å². The van der Waals surface area contributed by atoms with Gasteiger partial charge >= 0.3 is 0 Å². The molecule has 0 unspecified atom stereocenters. The minimum Gasteiger partial charge on any atom is -0.384 e. The number of sulfonamides is 1. The quantitative estimate of drug-likeness (QED) is 0.848. The van der Waals surface area contributed by atoms with Crippen molar-refractivity contribution in [2.75, 3.05) is 19.7 Å². The van der Waals surface area contributed by atoms with Gasteiger partial charge in [0, 0.05) is 18.7 Å². The molecule has 20 heavy (non-hydrogen) atoms. The summed E-state index contributed by atoms with van der Waals surface area (Å²) in [4.78, 5) is 0.121. The highest BCUT2D eigenvalue weighted by Gasteiger charge is 2.27. The van der Waals surface area contributed by atoms with E-state index in [1.54, 1.807) is 6.07 Å². The third kappa shape index (κ3) is 3.33. The van der Waals surface area contributed by atoms with Crippen molar-refractivity contribution in [3.63, 3.8) is 0 Å². The average molecular weight is 314 g/mol. The van der Waals surface area contributed by atoms with Gasteiger partial charge in [-0.3, -0.25) is 0 Å². The van der Waals surface area contributed by atoms with Crippen LogP contribution in [0.5, 0.6) is 0 Å². The van der Waals surface area contributed by atoms with E-state index in [0.29, 0.717) is 18.7 Å². The lowest BCUT2D eigenvalue weighted by atomic mass is 10.2. The summed E-state index contributed by atoms with van der Waals surface area (Å²) in [5, 5.41) is 8.81. The molecule has 108 valence electrons. The number of hydrogen-bond donors (Lipinski definition) is 1. The number of halogens is 1. The molecule has 4 nitrogen and oxygen atoms in total. The normalized spacial score (nSPS) is 16.5. The molecule has 6 heteroatoms. The maximum absolute atomic E-state index is 12.5.